The maximum Gasteiger partial charge on any atom is 0.309 e. The van der Waals surface area contributed by atoms with E-state index in [1.165, 1.54) is 6.42 Å². The van der Waals surface area contributed by atoms with Crippen molar-refractivity contribution in [2.75, 3.05) is 34.2 Å². The number of rotatable bonds is 5. The normalized spacial score (nSPS) is 24.2. The van der Waals surface area contributed by atoms with Crippen LogP contribution in [0.15, 0.2) is 0 Å². The highest BCUT2D eigenvalue weighted by molar-refractivity contribution is 5.73. The lowest BCUT2D eigenvalue weighted by Crippen LogP contribution is -2.42. The fraction of sp³-hybridized carbons (Fsp3) is 0.923. The van der Waals surface area contributed by atoms with E-state index in [4.69, 9.17) is 0 Å². The number of hydrogen-bond donors (Lipinski definition) is 1. The fourth-order valence-electron chi connectivity index (χ4n) is 2.66. The Labute approximate surface area is 105 Å². The molecule has 0 spiro atoms. The summed E-state index contributed by atoms with van der Waals surface area (Å²) >= 11 is 0. The van der Waals surface area contributed by atoms with Crippen LogP contribution in [0.4, 0.5) is 0 Å². The molecule has 0 saturated carbocycles. The number of carboxylic acids is 1. The van der Waals surface area contributed by atoms with Gasteiger partial charge in [0.25, 0.3) is 0 Å². The second kappa shape index (κ2) is 5.36. The van der Waals surface area contributed by atoms with Gasteiger partial charge in [0.1, 0.15) is 0 Å². The van der Waals surface area contributed by atoms with Crippen molar-refractivity contribution < 1.29 is 9.90 Å². The second-order valence-corrected chi connectivity index (χ2v) is 6.24. The lowest BCUT2D eigenvalue weighted by molar-refractivity contribution is -0.148. The Bertz CT molecular complexity index is 277. The van der Waals surface area contributed by atoms with Crippen LogP contribution >= 0.6 is 0 Å². The van der Waals surface area contributed by atoms with Crippen LogP contribution in [-0.4, -0.2) is 61.2 Å². The molecule has 0 bridgehead atoms. The van der Waals surface area contributed by atoms with Gasteiger partial charge in [-0.3, -0.25) is 4.79 Å². The molecule has 0 aliphatic carbocycles. The Morgan fingerprint density at radius 3 is 2.47 bits per heavy atom. The predicted octanol–water partition coefficient (Wildman–Crippen LogP) is 1.37. The smallest absolute Gasteiger partial charge is 0.309 e. The van der Waals surface area contributed by atoms with Crippen molar-refractivity contribution >= 4 is 5.97 Å². The van der Waals surface area contributed by atoms with Crippen LogP contribution in [0.5, 0.6) is 0 Å². The minimum Gasteiger partial charge on any atom is -0.481 e. The molecule has 1 N–H and O–H groups in total. The first-order valence-electron chi connectivity index (χ1n) is 6.32. The quantitative estimate of drug-likeness (QED) is 0.791. The predicted molar refractivity (Wildman–Crippen MR) is 69.1 cm³/mol. The van der Waals surface area contributed by atoms with E-state index >= 15 is 0 Å². The molecule has 1 rings (SSSR count). The van der Waals surface area contributed by atoms with Crippen LogP contribution in [0.1, 0.15) is 26.7 Å². The Hall–Kier alpha value is -0.610. The van der Waals surface area contributed by atoms with Crippen LogP contribution in [0.2, 0.25) is 0 Å². The van der Waals surface area contributed by atoms with Crippen molar-refractivity contribution in [3.8, 4) is 0 Å². The van der Waals surface area contributed by atoms with Crippen molar-refractivity contribution in [2.45, 2.75) is 32.7 Å². The van der Waals surface area contributed by atoms with Gasteiger partial charge < -0.3 is 14.9 Å². The highest BCUT2D eigenvalue weighted by Gasteiger charge is 2.37. The minimum atomic E-state index is -0.698. The van der Waals surface area contributed by atoms with Gasteiger partial charge in [-0.25, -0.2) is 0 Å². The standard InChI is InChI=1S/C13H26N2O2/c1-13(2,12(16)17)8-11(14(3)4)10-6-7-15(5)9-10/h10-11H,6-9H2,1-5H3,(H,16,17). The number of hydrogen-bond acceptors (Lipinski definition) is 3. The number of nitrogens with zero attached hydrogens (tertiary/aromatic N) is 2. The number of carboxylic acid groups (broad SMARTS) is 1. The SMILES string of the molecule is CN1CCC(C(CC(C)(C)C(=O)O)N(C)C)C1. The Balaban J connectivity index is 2.70. The molecule has 2 atom stereocenters. The first-order chi connectivity index (χ1) is 7.74. The molecule has 1 heterocycles. The van der Waals surface area contributed by atoms with E-state index in [9.17, 15) is 9.90 Å². The molecule has 17 heavy (non-hydrogen) atoms. The molecule has 0 aromatic carbocycles. The molecule has 0 amide bonds. The largest absolute Gasteiger partial charge is 0.481 e. The number of carbonyl (C=O) groups is 1. The summed E-state index contributed by atoms with van der Waals surface area (Å²) in [5, 5.41) is 9.24. The van der Waals surface area contributed by atoms with Crippen LogP contribution in [0.3, 0.4) is 0 Å². The molecule has 1 saturated heterocycles. The summed E-state index contributed by atoms with van der Waals surface area (Å²) in [5.74, 6) is -0.107. The molecule has 0 aromatic rings. The van der Waals surface area contributed by atoms with Gasteiger partial charge in [0.2, 0.25) is 0 Å². The lowest BCUT2D eigenvalue weighted by atomic mass is 9.80. The zero-order valence-electron chi connectivity index (χ0n) is 11.7. The third-order valence-electron chi connectivity index (χ3n) is 3.93. The number of aliphatic carboxylic acids is 1. The first kappa shape index (κ1) is 14.5. The van der Waals surface area contributed by atoms with Gasteiger partial charge in [-0.15, -0.1) is 0 Å². The zero-order chi connectivity index (χ0) is 13.2. The average molecular weight is 242 g/mol. The Kier molecular flexibility index (Phi) is 4.55. The van der Waals surface area contributed by atoms with Crippen LogP contribution in [-0.2, 0) is 4.79 Å². The molecule has 2 unspecified atom stereocenters. The van der Waals surface area contributed by atoms with Gasteiger partial charge in [-0.1, -0.05) is 0 Å². The molecule has 4 nitrogen and oxygen atoms in total. The Morgan fingerprint density at radius 2 is 2.12 bits per heavy atom. The minimum absolute atomic E-state index is 0.353. The summed E-state index contributed by atoms with van der Waals surface area (Å²) < 4.78 is 0. The van der Waals surface area contributed by atoms with Gasteiger partial charge in [-0.2, -0.15) is 0 Å². The summed E-state index contributed by atoms with van der Waals surface area (Å²) in [5.41, 5.74) is -0.643. The summed E-state index contributed by atoms with van der Waals surface area (Å²) in [6.07, 6.45) is 1.89. The highest BCUT2D eigenvalue weighted by Crippen LogP contribution is 2.31. The zero-order valence-corrected chi connectivity index (χ0v) is 11.7. The van der Waals surface area contributed by atoms with Crippen molar-refractivity contribution in [2.24, 2.45) is 11.3 Å². The van der Waals surface area contributed by atoms with Crippen molar-refractivity contribution in [1.82, 2.24) is 9.80 Å². The monoisotopic (exact) mass is 242 g/mol. The third kappa shape index (κ3) is 3.68. The summed E-state index contributed by atoms with van der Waals surface area (Å²) in [4.78, 5) is 15.7. The molecule has 1 fully saturated rings. The van der Waals surface area contributed by atoms with Crippen molar-refractivity contribution in [3.63, 3.8) is 0 Å². The molecule has 0 radical (unpaired) electrons. The molecular weight excluding hydrogens is 216 g/mol. The lowest BCUT2D eigenvalue weighted by Gasteiger charge is -2.34. The van der Waals surface area contributed by atoms with E-state index in [1.807, 2.05) is 13.8 Å². The van der Waals surface area contributed by atoms with E-state index in [2.05, 4.69) is 30.9 Å². The van der Waals surface area contributed by atoms with Gasteiger partial charge in [0.15, 0.2) is 0 Å². The third-order valence-corrected chi connectivity index (χ3v) is 3.93. The van der Waals surface area contributed by atoms with E-state index in [1.54, 1.807) is 0 Å². The highest BCUT2D eigenvalue weighted by atomic mass is 16.4. The fourth-order valence-corrected chi connectivity index (χ4v) is 2.66. The van der Waals surface area contributed by atoms with Crippen LogP contribution in [0.25, 0.3) is 0 Å². The maximum absolute atomic E-state index is 11.2. The Morgan fingerprint density at radius 1 is 1.53 bits per heavy atom. The maximum atomic E-state index is 11.2. The second-order valence-electron chi connectivity index (χ2n) is 6.24. The molecule has 1 aliphatic rings. The average Bonchev–Trinajstić information content (AvgIpc) is 2.60. The van der Waals surface area contributed by atoms with E-state index in [-0.39, 0.29) is 0 Å². The molecule has 0 aromatic heterocycles. The topological polar surface area (TPSA) is 43.8 Å². The van der Waals surface area contributed by atoms with Crippen LogP contribution in [0, 0.1) is 11.3 Å². The van der Waals surface area contributed by atoms with Gasteiger partial charge >= 0.3 is 5.97 Å². The molecule has 4 heteroatoms. The van der Waals surface area contributed by atoms with E-state index in [0.29, 0.717) is 18.4 Å². The van der Waals surface area contributed by atoms with E-state index < -0.39 is 11.4 Å². The molecular formula is C13H26N2O2. The van der Waals surface area contributed by atoms with Gasteiger partial charge in [-0.05, 0) is 60.3 Å². The summed E-state index contributed by atoms with van der Waals surface area (Å²) in [6, 6.07) is 0.353. The van der Waals surface area contributed by atoms with E-state index in [0.717, 1.165) is 13.1 Å². The summed E-state index contributed by atoms with van der Waals surface area (Å²) in [7, 11) is 6.25. The summed E-state index contributed by atoms with van der Waals surface area (Å²) in [6.45, 7) is 5.86. The number of likely N-dealkylation sites (tertiary alicyclic amines) is 1. The molecule has 100 valence electrons. The molecule has 1 aliphatic heterocycles. The van der Waals surface area contributed by atoms with Crippen molar-refractivity contribution in [3.05, 3.63) is 0 Å². The first-order valence-corrected chi connectivity index (χ1v) is 6.32. The van der Waals surface area contributed by atoms with Gasteiger partial charge in [0, 0.05) is 12.6 Å². The van der Waals surface area contributed by atoms with Gasteiger partial charge in [0.05, 0.1) is 5.41 Å². The van der Waals surface area contributed by atoms with Crippen molar-refractivity contribution in [1.29, 1.82) is 0 Å². The van der Waals surface area contributed by atoms with Crippen LogP contribution < -0.4 is 0 Å².